The first kappa shape index (κ1) is 26.8. The van der Waals surface area contributed by atoms with Crippen molar-refractivity contribution in [2.45, 2.75) is 24.5 Å². The Kier molecular flexibility index (Phi) is 6.90. The van der Waals surface area contributed by atoms with Gasteiger partial charge in [-0.2, -0.15) is 0 Å². The lowest BCUT2D eigenvalue weighted by atomic mass is 10.0. The summed E-state index contributed by atoms with van der Waals surface area (Å²) in [5.74, 6) is -2.82. The molecule has 2 amide bonds. The average molecular weight is 555 g/mol. The number of hydrogen-bond donors (Lipinski definition) is 2. The summed E-state index contributed by atoms with van der Waals surface area (Å²) in [7, 11) is -1.97. The van der Waals surface area contributed by atoms with E-state index in [0.29, 0.717) is 52.9 Å². The smallest absolute Gasteiger partial charge is 0.256 e. The molecule has 204 valence electrons. The topological polar surface area (TPSA) is 103 Å². The molecule has 11 heteroatoms. The zero-order valence-corrected chi connectivity index (χ0v) is 22.6. The molecule has 0 spiro atoms. The summed E-state index contributed by atoms with van der Waals surface area (Å²) in [6, 6.07) is 6.84. The molecule has 3 heterocycles. The van der Waals surface area contributed by atoms with Gasteiger partial charge in [0.05, 0.1) is 21.8 Å². The lowest BCUT2D eigenvalue weighted by Gasteiger charge is -2.32. The Hall–Kier alpha value is -3.83. The molecule has 3 aromatic rings. The highest BCUT2D eigenvalue weighted by Gasteiger charge is 2.29. The Morgan fingerprint density at radius 1 is 1.03 bits per heavy atom. The van der Waals surface area contributed by atoms with Gasteiger partial charge in [-0.25, -0.2) is 17.2 Å². The third kappa shape index (κ3) is 5.24. The van der Waals surface area contributed by atoms with Gasteiger partial charge in [0.25, 0.3) is 11.8 Å². The first-order valence-corrected chi connectivity index (χ1v) is 14.1. The SMILES string of the molecule is Cc1[nH]c(/C=C2\C(=O)Nc3ccc(S(=O)(=O)Cc4cc(F)cc(F)c4)cc32)c(C)c1C(=O)N1CCN(C)CC1. The summed E-state index contributed by atoms with van der Waals surface area (Å²) in [5.41, 5.74) is 3.55. The second kappa shape index (κ2) is 10.0. The lowest BCUT2D eigenvalue weighted by Crippen LogP contribution is -2.47. The van der Waals surface area contributed by atoms with Crippen LogP contribution in [-0.2, 0) is 20.4 Å². The van der Waals surface area contributed by atoms with E-state index in [9.17, 15) is 26.8 Å². The highest BCUT2D eigenvalue weighted by atomic mass is 32.2. The maximum atomic E-state index is 13.6. The predicted octanol–water partition coefficient (Wildman–Crippen LogP) is 3.76. The minimum atomic E-state index is -3.98. The molecule has 2 aliphatic heterocycles. The van der Waals surface area contributed by atoms with E-state index in [-0.39, 0.29) is 21.9 Å². The van der Waals surface area contributed by atoms with Crippen molar-refractivity contribution >= 4 is 39.0 Å². The van der Waals surface area contributed by atoms with Crippen molar-refractivity contribution in [3.63, 3.8) is 0 Å². The number of piperazine rings is 1. The van der Waals surface area contributed by atoms with Gasteiger partial charge in [-0.15, -0.1) is 0 Å². The van der Waals surface area contributed by atoms with Crippen molar-refractivity contribution in [2.75, 3.05) is 38.5 Å². The summed E-state index contributed by atoms with van der Waals surface area (Å²) >= 11 is 0. The number of aromatic nitrogens is 1. The zero-order chi connectivity index (χ0) is 28.1. The predicted molar refractivity (Wildman–Crippen MR) is 144 cm³/mol. The van der Waals surface area contributed by atoms with Crippen LogP contribution in [0.3, 0.4) is 0 Å². The number of rotatable bonds is 5. The molecular weight excluding hydrogens is 526 g/mol. The van der Waals surface area contributed by atoms with Crippen molar-refractivity contribution in [1.29, 1.82) is 0 Å². The number of aromatic amines is 1. The maximum Gasteiger partial charge on any atom is 0.256 e. The van der Waals surface area contributed by atoms with Gasteiger partial charge >= 0.3 is 0 Å². The summed E-state index contributed by atoms with van der Waals surface area (Å²) in [5, 5.41) is 2.74. The molecule has 8 nitrogen and oxygen atoms in total. The molecule has 0 bridgehead atoms. The van der Waals surface area contributed by atoms with E-state index in [1.54, 1.807) is 13.0 Å². The molecule has 2 aliphatic rings. The Balaban J connectivity index is 1.47. The molecule has 0 aliphatic carbocycles. The van der Waals surface area contributed by atoms with Gasteiger partial charge in [0.1, 0.15) is 11.6 Å². The molecular formula is C28H28F2N4O4S. The number of sulfone groups is 1. The number of hydrogen-bond acceptors (Lipinski definition) is 5. The molecule has 1 fully saturated rings. The normalized spacial score (nSPS) is 17.0. The third-order valence-corrected chi connectivity index (χ3v) is 8.87. The fraction of sp³-hybridized carbons (Fsp3) is 0.286. The van der Waals surface area contributed by atoms with Crippen LogP contribution in [0.15, 0.2) is 41.3 Å². The molecule has 1 saturated heterocycles. The summed E-state index contributed by atoms with van der Waals surface area (Å²) < 4.78 is 53.4. The van der Waals surface area contributed by atoms with Gasteiger partial charge in [-0.05, 0) is 68.4 Å². The van der Waals surface area contributed by atoms with Gasteiger partial charge in [0.2, 0.25) is 0 Å². The number of likely N-dealkylation sites (N-methyl/N-ethyl adjacent to an activating group) is 1. The van der Waals surface area contributed by atoms with E-state index in [1.165, 1.54) is 18.2 Å². The number of aryl methyl sites for hydroxylation is 1. The number of H-pyrrole nitrogens is 1. The number of fused-ring (bicyclic) bond motifs is 1. The lowest BCUT2D eigenvalue weighted by molar-refractivity contribution is -0.110. The van der Waals surface area contributed by atoms with Gasteiger partial charge < -0.3 is 20.1 Å². The molecule has 1 aromatic heterocycles. The monoisotopic (exact) mass is 554 g/mol. The second-order valence-electron chi connectivity index (χ2n) is 10.0. The molecule has 5 rings (SSSR count). The fourth-order valence-corrected chi connectivity index (χ4v) is 6.40. The molecule has 2 aromatic carbocycles. The maximum absolute atomic E-state index is 13.6. The Labute approximate surface area is 225 Å². The van der Waals surface area contributed by atoms with Crippen LogP contribution < -0.4 is 5.32 Å². The van der Waals surface area contributed by atoms with Crippen LogP contribution in [0.1, 0.15) is 38.4 Å². The van der Waals surface area contributed by atoms with E-state index in [0.717, 1.165) is 25.2 Å². The van der Waals surface area contributed by atoms with Crippen molar-refractivity contribution in [2.24, 2.45) is 0 Å². The average Bonchev–Trinajstić information content (AvgIpc) is 3.32. The third-order valence-electron chi connectivity index (χ3n) is 7.18. The minimum Gasteiger partial charge on any atom is -0.358 e. The first-order chi connectivity index (χ1) is 18.4. The highest BCUT2D eigenvalue weighted by Crippen LogP contribution is 2.36. The van der Waals surface area contributed by atoms with Gasteiger partial charge in [-0.3, -0.25) is 9.59 Å². The molecule has 0 radical (unpaired) electrons. The van der Waals surface area contributed by atoms with Crippen LogP contribution in [0.2, 0.25) is 0 Å². The van der Waals surface area contributed by atoms with E-state index in [2.05, 4.69) is 15.2 Å². The first-order valence-electron chi connectivity index (χ1n) is 12.4. The Bertz CT molecular complexity index is 1620. The molecule has 2 N–H and O–H groups in total. The summed E-state index contributed by atoms with van der Waals surface area (Å²) in [4.78, 5) is 33.3. The van der Waals surface area contributed by atoms with E-state index >= 15 is 0 Å². The molecule has 0 saturated carbocycles. The standard InChI is InChI=1S/C28H28F2N4O4S/c1-16-25(31-17(2)26(16)28(36)34-8-6-33(3)7-9-34)14-23-22-13-21(4-5-24(22)32-27(23)35)39(37,38)15-18-10-19(29)12-20(30)11-18/h4-5,10-14,31H,6-9,15H2,1-3H3,(H,32,35)/b23-14-. The van der Waals surface area contributed by atoms with Crippen LogP contribution in [0, 0.1) is 25.5 Å². The molecule has 39 heavy (non-hydrogen) atoms. The number of carbonyl (C=O) groups excluding carboxylic acids is 2. The second-order valence-corrected chi connectivity index (χ2v) is 12.0. The largest absolute Gasteiger partial charge is 0.358 e. The van der Waals surface area contributed by atoms with Gasteiger partial charge in [-0.1, -0.05) is 0 Å². The van der Waals surface area contributed by atoms with Crippen molar-refractivity contribution < 1.29 is 26.8 Å². The summed E-state index contributed by atoms with van der Waals surface area (Å²) in [6.07, 6.45) is 1.61. The van der Waals surface area contributed by atoms with Crippen LogP contribution in [0.25, 0.3) is 11.6 Å². The van der Waals surface area contributed by atoms with Crippen LogP contribution in [0.4, 0.5) is 14.5 Å². The van der Waals surface area contributed by atoms with E-state index in [4.69, 9.17) is 0 Å². The zero-order valence-electron chi connectivity index (χ0n) is 21.8. The Morgan fingerprint density at radius 2 is 1.69 bits per heavy atom. The highest BCUT2D eigenvalue weighted by molar-refractivity contribution is 7.90. The van der Waals surface area contributed by atoms with Crippen molar-refractivity contribution in [3.05, 3.63) is 81.7 Å². The van der Waals surface area contributed by atoms with E-state index in [1.807, 2.05) is 18.9 Å². The molecule has 0 atom stereocenters. The number of benzene rings is 2. The van der Waals surface area contributed by atoms with Gasteiger partial charge in [0.15, 0.2) is 9.84 Å². The van der Waals surface area contributed by atoms with Crippen LogP contribution in [-0.4, -0.2) is 68.2 Å². The quantitative estimate of drug-likeness (QED) is 0.468. The van der Waals surface area contributed by atoms with Crippen molar-refractivity contribution in [3.8, 4) is 0 Å². The number of nitrogens with one attached hydrogen (secondary N) is 2. The summed E-state index contributed by atoms with van der Waals surface area (Å²) in [6.45, 7) is 6.46. The van der Waals surface area contributed by atoms with Crippen molar-refractivity contribution in [1.82, 2.24) is 14.8 Å². The number of nitrogens with zero attached hydrogens (tertiary/aromatic N) is 2. The molecule has 0 unspecified atom stereocenters. The minimum absolute atomic E-state index is 0.0204. The number of halogens is 2. The van der Waals surface area contributed by atoms with Crippen LogP contribution in [0.5, 0.6) is 0 Å². The van der Waals surface area contributed by atoms with E-state index < -0.39 is 33.1 Å². The van der Waals surface area contributed by atoms with Gasteiger partial charge in [0, 0.05) is 54.9 Å². The Morgan fingerprint density at radius 3 is 2.36 bits per heavy atom. The van der Waals surface area contributed by atoms with Crippen LogP contribution >= 0.6 is 0 Å². The fourth-order valence-electron chi connectivity index (χ4n) is 5.05. The number of anilines is 1. The number of amides is 2. The number of carbonyl (C=O) groups is 2.